The maximum absolute atomic E-state index is 12.2. The second kappa shape index (κ2) is 5.69. The van der Waals surface area contributed by atoms with Gasteiger partial charge in [-0.2, -0.15) is 0 Å². The number of piperidine rings is 1. The van der Waals surface area contributed by atoms with Gasteiger partial charge in [0.15, 0.2) is 0 Å². The van der Waals surface area contributed by atoms with Gasteiger partial charge in [0.25, 0.3) is 0 Å². The molecule has 0 spiro atoms. The van der Waals surface area contributed by atoms with E-state index in [-0.39, 0.29) is 12.5 Å². The first-order valence-electron chi connectivity index (χ1n) is 6.56. The van der Waals surface area contributed by atoms with Crippen LogP contribution in [-0.4, -0.2) is 36.6 Å². The molecule has 1 heterocycles. The lowest BCUT2D eigenvalue weighted by atomic mass is 9.81. The van der Waals surface area contributed by atoms with E-state index in [1.807, 2.05) is 13.8 Å². The highest BCUT2D eigenvalue weighted by Crippen LogP contribution is 2.26. The molecule has 18 heavy (non-hydrogen) atoms. The molecule has 0 bridgehead atoms. The van der Waals surface area contributed by atoms with E-state index >= 15 is 0 Å². The summed E-state index contributed by atoms with van der Waals surface area (Å²) in [5, 5.41) is 15.2. The fraction of sp³-hybridized carbons (Fsp3) is 0.846. The first-order chi connectivity index (χ1) is 8.34. The Balaban J connectivity index is 2.57. The number of amides is 1. The summed E-state index contributed by atoms with van der Waals surface area (Å²) in [5.74, 6) is -0.909. The third kappa shape index (κ3) is 3.22. The van der Waals surface area contributed by atoms with Gasteiger partial charge in [0.1, 0.15) is 0 Å². The van der Waals surface area contributed by atoms with Crippen LogP contribution in [0.4, 0.5) is 0 Å². The maximum Gasteiger partial charge on any atom is 0.311 e. The van der Waals surface area contributed by atoms with E-state index in [1.54, 1.807) is 6.92 Å². The second-order valence-corrected chi connectivity index (χ2v) is 5.74. The van der Waals surface area contributed by atoms with Crippen molar-refractivity contribution in [1.82, 2.24) is 10.6 Å². The first-order valence-corrected chi connectivity index (χ1v) is 6.56. The Kier molecular flexibility index (Phi) is 4.73. The lowest BCUT2D eigenvalue weighted by molar-refractivity contribution is -0.148. The number of aliphatic carboxylic acids is 1. The molecule has 3 N–H and O–H groups in total. The summed E-state index contributed by atoms with van der Waals surface area (Å²) in [6, 6.07) is 0. The fourth-order valence-corrected chi connectivity index (χ4v) is 2.09. The lowest BCUT2D eigenvalue weighted by Gasteiger charge is -2.34. The molecule has 1 saturated heterocycles. The number of carbonyl (C=O) groups is 2. The normalized spacial score (nSPS) is 27.3. The molecule has 1 aliphatic heterocycles. The van der Waals surface area contributed by atoms with E-state index in [9.17, 15) is 9.59 Å². The van der Waals surface area contributed by atoms with Gasteiger partial charge in [-0.1, -0.05) is 6.92 Å². The Bertz CT molecular complexity index is 324. The third-order valence-corrected chi connectivity index (χ3v) is 4.08. The molecule has 1 fully saturated rings. The van der Waals surface area contributed by atoms with E-state index in [4.69, 9.17) is 5.11 Å². The zero-order chi connectivity index (χ0) is 13.8. The quantitative estimate of drug-likeness (QED) is 0.685. The maximum atomic E-state index is 12.2. The van der Waals surface area contributed by atoms with Gasteiger partial charge >= 0.3 is 5.97 Å². The van der Waals surface area contributed by atoms with Crippen molar-refractivity contribution in [2.24, 2.45) is 10.8 Å². The summed E-state index contributed by atoms with van der Waals surface area (Å²) in [6.07, 6.45) is 2.33. The highest BCUT2D eigenvalue weighted by molar-refractivity contribution is 5.83. The molecule has 2 atom stereocenters. The molecule has 0 aromatic rings. The van der Waals surface area contributed by atoms with Crippen molar-refractivity contribution in [3.63, 3.8) is 0 Å². The third-order valence-electron chi connectivity index (χ3n) is 4.08. The minimum Gasteiger partial charge on any atom is -0.481 e. The van der Waals surface area contributed by atoms with E-state index in [2.05, 4.69) is 10.6 Å². The van der Waals surface area contributed by atoms with Crippen LogP contribution in [0.5, 0.6) is 0 Å². The summed E-state index contributed by atoms with van der Waals surface area (Å²) >= 11 is 0. The molecule has 104 valence electrons. The average Bonchev–Trinajstić information content (AvgIpc) is 2.36. The Morgan fingerprint density at radius 2 is 2.17 bits per heavy atom. The smallest absolute Gasteiger partial charge is 0.311 e. The Hall–Kier alpha value is -1.10. The van der Waals surface area contributed by atoms with Gasteiger partial charge in [0, 0.05) is 13.1 Å². The molecule has 1 amide bonds. The Labute approximate surface area is 108 Å². The van der Waals surface area contributed by atoms with Gasteiger partial charge in [0.05, 0.1) is 10.8 Å². The van der Waals surface area contributed by atoms with Gasteiger partial charge in [-0.05, 0) is 39.7 Å². The highest BCUT2D eigenvalue weighted by atomic mass is 16.4. The first kappa shape index (κ1) is 15.0. The summed E-state index contributed by atoms with van der Waals surface area (Å²) in [7, 11) is 0. The molecule has 2 unspecified atom stereocenters. The number of hydrogen-bond donors (Lipinski definition) is 3. The van der Waals surface area contributed by atoms with E-state index < -0.39 is 16.8 Å². The molecule has 0 aliphatic carbocycles. The molecule has 5 heteroatoms. The number of carboxylic acid groups (broad SMARTS) is 1. The zero-order valence-electron chi connectivity index (χ0n) is 11.5. The van der Waals surface area contributed by atoms with Gasteiger partial charge in [0.2, 0.25) is 5.91 Å². The molecule has 1 rings (SSSR count). The number of hydrogen-bond acceptors (Lipinski definition) is 3. The van der Waals surface area contributed by atoms with Crippen LogP contribution in [0.15, 0.2) is 0 Å². The van der Waals surface area contributed by atoms with Gasteiger partial charge < -0.3 is 15.7 Å². The molecule has 1 aliphatic rings. The number of carboxylic acids is 1. The zero-order valence-corrected chi connectivity index (χ0v) is 11.5. The predicted molar refractivity (Wildman–Crippen MR) is 69.3 cm³/mol. The summed E-state index contributed by atoms with van der Waals surface area (Å²) in [4.78, 5) is 23.3. The van der Waals surface area contributed by atoms with Crippen molar-refractivity contribution in [2.45, 2.75) is 40.0 Å². The van der Waals surface area contributed by atoms with Crippen molar-refractivity contribution in [3.05, 3.63) is 0 Å². The number of rotatable bonds is 5. The van der Waals surface area contributed by atoms with Crippen molar-refractivity contribution < 1.29 is 14.7 Å². The highest BCUT2D eigenvalue weighted by Gasteiger charge is 2.37. The monoisotopic (exact) mass is 256 g/mol. The lowest BCUT2D eigenvalue weighted by Crippen LogP contribution is -2.51. The topological polar surface area (TPSA) is 78.4 Å². The van der Waals surface area contributed by atoms with Crippen molar-refractivity contribution in [2.75, 3.05) is 19.6 Å². The van der Waals surface area contributed by atoms with E-state index in [0.29, 0.717) is 13.0 Å². The molecule has 0 radical (unpaired) electrons. The minimum atomic E-state index is -0.881. The second-order valence-electron chi connectivity index (χ2n) is 5.74. The van der Waals surface area contributed by atoms with Crippen LogP contribution in [0, 0.1) is 10.8 Å². The number of nitrogens with one attached hydrogen (secondary N) is 2. The van der Waals surface area contributed by atoms with Crippen LogP contribution >= 0.6 is 0 Å². The molecular formula is C13H24N2O3. The summed E-state index contributed by atoms with van der Waals surface area (Å²) in [6.45, 7) is 7.21. The molecule has 0 saturated carbocycles. The van der Waals surface area contributed by atoms with Crippen LogP contribution in [-0.2, 0) is 9.59 Å². The molecule has 5 nitrogen and oxygen atoms in total. The molecule has 0 aromatic heterocycles. The fourth-order valence-electron chi connectivity index (χ4n) is 2.09. The largest absolute Gasteiger partial charge is 0.481 e. The molecular weight excluding hydrogens is 232 g/mol. The Morgan fingerprint density at radius 1 is 1.50 bits per heavy atom. The van der Waals surface area contributed by atoms with Crippen LogP contribution in [0.2, 0.25) is 0 Å². The average molecular weight is 256 g/mol. The molecule has 0 aromatic carbocycles. The number of carbonyl (C=O) groups excluding carboxylic acids is 1. The van der Waals surface area contributed by atoms with Crippen molar-refractivity contribution >= 4 is 11.9 Å². The summed E-state index contributed by atoms with van der Waals surface area (Å²) in [5.41, 5.74) is -1.29. The van der Waals surface area contributed by atoms with Crippen LogP contribution in [0.25, 0.3) is 0 Å². The van der Waals surface area contributed by atoms with Gasteiger partial charge in [-0.3, -0.25) is 9.59 Å². The SMILES string of the molecule is CCC(C)(CNC(=O)C1(C)CCCNC1)C(=O)O. The minimum absolute atomic E-state index is 0.0457. The van der Waals surface area contributed by atoms with Crippen LogP contribution < -0.4 is 10.6 Å². The van der Waals surface area contributed by atoms with Crippen LogP contribution in [0.3, 0.4) is 0 Å². The van der Waals surface area contributed by atoms with Gasteiger partial charge in [-0.25, -0.2) is 0 Å². The van der Waals surface area contributed by atoms with E-state index in [0.717, 1.165) is 19.4 Å². The predicted octanol–water partition coefficient (Wildman–Crippen LogP) is 0.993. The van der Waals surface area contributed by atoms with Crippen molar-refractivity contribution in [3.8, 4) is 0 Å². The van der Waals surface area contributed by atoms with Gasteiger partial charge in [-0.15, -0.1) is 0 Å². The van der Waals surface area contributed by atoms with Crippen LogP contribution in [0.1, 0.15) is 40.0 Å². The standard InChI is InChI=1S/C13H24N2O3/c1-4-12(2,11(17)18)9-15-10(16)13(3)6-5-7-14-8-13/h14H,4-9H2,1-3H3,(H,15,16)(H,17,18). The van der Waals surface area contributed by atoms with Crippen molar-refractivity contribution in [1.29, 1.82) is 0 Å². The van der Waals surface area contributed by atoms with E-state index in [1.165, 1.54) is 0 Å². The Morgan fingerprint density at radius 3 is 2.61 bits per heavy atom. The summed E-state index contributed by atoms with van der Waals surface area (Å²) < 4.78 is 0.